The number of aryl methyl sites for hydroxylation is 1. The maximum atomic E-state index is 12.6. The number of amides is 1. The summed E-state index contributed by atoms with van der Waals surface area (Å²) in [4.78, 5) is 12.6. The van der Waals surface area contributed by atoms with E-state index in [2.05, 4.69) is 15.2 Å². The molecule has 2 rings (SSSR count). The van der Waals surface area contributed by atoms with Gasteiger partial charge in [-0.2, -0.15) is 9.82 Å². The zero-order valence-corrected chi connectivity index (χ0v) is 17.6. The lowest BCUT2D eigenvalue weighted by atomic mass is 10.0. The summed E-state index contributed by atoms with van der Waals surface area (Å²) in [5, 5.41) is 4.40. The molecule has 2 N–H and O–H groups in total. The molecular formula is C20H24ClN3O3S. The van der Waals surface area contributed by atoms with Crippen molar-refractivity contribution < 1.29 is 13.2 Å². The second-order valence-corrected chi connectivity index (χ2v) is 8.99. The third-order valence-corrected chi connectivity index (χ3v) is 5.77. The number of benzene rings is 2. The van der Waals surface area contributed by atoms with Crippen molar-refractivity contribution in [1.29, 1.82) is 0 Å². The van der Waals surface area contributed by atoms with E-state index in [4.69, 9.17) is 11.6 Å². The minimum atomic E-state index is -3.83. The molecule has 0 aliphatic rings. The Morgan fingerprint density at radius 1 is 1.14 bits per heavy atom. The van der Waals surface area contributed by atoms with Gasteiger partial charge in [0, 0.05) is 10.6 Å². The Hall–Kier alpha value is -2.22. The van der Waals surface area contributed by atoms with Crippen LogP contribution in [0.15, 0.2) is 58.5 Å². The quantitative estimate of drug-likeness (QED) is 0.505. The lowest BCUT2D eigenvalue weighted by Crippen LogP contribution is -2.46. The van der Waals surface area contributed by atoms with Crippen molar-refractivity contribution in [3.8, 4) is 0 Å². The largest absolute Gasteiger partial charge is 0.271 e. The molecule has 0 radical (unpaired) electrons. The van der Waals surface area contributed by atoms with Crippen LogP contribution in [0, 0.1) is 12.8 Å². The van der Waals surface area contributed by atoms with Crippen molar-refractivity contribution in [2.75, 3.05) is 0 Å². The molecule has 1 atom stereocenters. The normalized spacial score (nSPS) is 13.0. The second-order valence-electron chi connectivity index (χ2n) is 6.87. The van der Waals surface area contributed by atoms with Crippen LogP contribution in [0.3, 0.4) is 0 Å². The monoisotopic (exact) mass is 421 g/mol. The van der Waals surface area contributed by atoms with E-state index in [1.807, 2.05) is 20.8 Å². The van der Waals surface area contributed by atoms with E-state index in [0.29, 0.717) is 17.0 Å². The Bertz CT molecular complexity index is 941. The van der Waals surface area contributed by atoms with Crippen molar-refractivity contribution in [2.45, 2.75) is 38.1 Å². The number of sulfonamides is 1. The summed E-state index contributed by atoms with van der Waals surface area (Å²) >= 11 is 6.04. The highest BCUT2D eigenvalue weighted by Gasteiger charge is 2.26. The molecule has 28 heavy (non-hydrogen) atoms. The topological polar surface area (TPSA) is 87.6 Å². The van der Waals surface area contributed by atoms with E-state index in [1.165, 1.54) is 18.3 Å². The molecule has 0 aromatic heterocycles. The molecule has 0 bridgehead atoms. The fourth-order valence-corrected chi connectivity index (χ4v) is 3.87. The molecule has 6 nitrogen and oxygen atoms in total. The van der Waals surface area contributed by atoms with Crippen LogP contribution in [-0.4, -0.2) is 26.6 Å². The number of carbonyl (C=O) groups is 1. The SMILES string of the molecule is Cc1ccc(S(=O)(=O)N[C@@H](CC(C)C)C(=O)N/N=C\c2ccccc2Cl)cc1. The van der Waals surface area contributed by atoms with Crippen molar-refractivity contribution in [3.05, 3.63) is 64.7 Å². The first-order chi connectivity index (χ1) is 13.2. The fourth-order valence-electron chi connectivity index (χ4n) is 2.48. The van der Waals surface area contributed by atoms with E-state index in [0.717, 1.165) is 5.56 Å². The Morgan fingerprint density at radius 2 is 1.79 bits per heavy atom. The summed E-state index contributed by atoms with van der Waals surface area (Å²) in [7, 11) is -3.83. The number of hydrogen-bond acceptors (Lipinski definition) is 4. The molecule has 2 aromatic rings. The molecule has 0 aliphatic carbocycles. The van der Waals surface area contributed by atoms with Crippen LogP contribution >= 0.6 is 11.6 Å². The maximum absolute atomic E-state index is 12.6. The highest BCUT2D eigenvalue weighted by Crippen LogP contribution is 2.14. The van der Waals surface area contributed by atoms with Gasteiger partial charge < -0.3 is 0 Å². The van der Waals surface area contributed by atoms with Crippen molar-refractivity contribution in [1.82, 2.24) is 10.1 Å². The number of hydrogen-bond donors (Lipinski definition) is 2. The molecule has 150 valence electrons. The molecule has 8 heteroatoms. The summed E-state index contributed by atoms with van der Waals surface area (Å²) in [6.45, 7) is 5.69. The van der Waals surface area contributed by atoms with Crippen LogP contribution in [0.2, 0.25) is 5.02 Å². The highest BCUT2D eigenvalue weighted by atomic mass is 35.5. The summed E-state index contributed by atoms with van der Waals surface area (Å²) in [6.07, 6.45) is 1.75. The van der Waals surface area contributed by atoms with Crippen LogP contribution in [0.5, 0.6) is 0 Å². The van der Waals surface area contributed by atoms with Gasteiger partial charge in [-0.3, -0.25) is 4.79 Å². The average Bonchev–Trinajstić information content (AvgIpc) is 2.62. The third kappa shape index (κ3) is 6.44. The number of rotatable bonds is 8. The zero-order chi connectivity index (χ0) is 20.7. The third-order valence-electron chi connectivity index (χ3n) is 3.94. The fraction of sp³-hybridized carbons (Fsp3) is 0.300. The Labute approximate surface area is 171 Å². The van der Waals surface area contributed by atoms with Crippen molar-refractivity contribution >= 4 is 33.7 Å². The van der Waals surface area contributed by atoms with Crippen LogP contribution < -0.4 is 10.1 Å². The molecule has 0 saturated heterocycles. The number of nitrogens with zero attached hydrogens (tertiary/aromatic N) is 1. The number of carbonyl (C=O) groups excluding carboxylic acids is 1. The summed E-state index contributed by atoms with van der Waals surface area (Å²) in [5.41, 5.74) is 3.98. The maximum Gasteiger partial charge on any atom is 0.258 e. The zero-order valence-electron chi connectivity index (χ0n) is 16.0. The summed E-state index contributed by atoms with van der Waals surface area (Å²) < 4.78 is 27.7. The predicted octanol–water partition coefficient (Wildman–Crippen LogP) is 3.49. The van der Waals surface area contributed by atoms with E-state index in [9.17, 15) is 13.2 Å². The summed E-state index contributed by atoms with van der Waals surface area (Å²) in [6, 6.07) is 12.5. The van der Waals surface area contributed by atoms with Crippen molar-refractivity contribution in [2.24, 2.45) is 11.0 Å². The minimum absolute atomic E-state index is 0.101. The van der Waals surface area contributed by atoms with Gasteiger partial charge in [0.2, 0.25) is 10.0 Å². The Morgan fingerprint density at radius 3 is 2.39 bits per heavy atom. The van der Waals surface area contributed by atoms with Crippen molar-refractivity contribution in [3.63, 3.8) is 0 Å². The van der Waals surface area contributed by atoms with Crippen LogP contribution in [0.1, 0.15) is 31.4 Å². The Balaban J connectivity index is 2.12. The van der Waals surface area contributed by atoms with Gasteiger partial charge in [-0.25, -0.2) is 13.8 Å². The lowest BCUT2D eigenvalue weighted by Gasteiger charge is -2.19. The smallest absolute Gasteiger partial charge is 0.258 e. The number of halogens is 1. The highest BCUT2D eigenvalue weighted by molar-refractivity contribution is 7.89. The first-order valence-corrected chi connectivity index (χ1v) is 10.7. The van der Waals surface area contributed by atoms with Gasteiger partial charge in [-0.1, -0.05) is 61.3 Å². The van der Waals surface area contributed by atoms with E-state index < -0.39 is 22.0 Å². The number of hydrazone groups is 1. The van der Waals surface area contributed by atoms with Gasteiger partial charge in [0.1, 0.15) is 6.04 Å². The van der Waals surface area contributed by atoms with Gasteiger partial charge in [-0.15, -0.1) is 0 Å². The predicted molar refractivity (Wildman–Crippen MR) is 112 cm³/mol. The van der Waals surface area contributed by atoms with Gasteiger partial charge in [0.05, 0.1) is 11.1 Å². The van der Waals surface area contributed by atoms with E-state index >= 15 is 0 Å². The lowest BCUT2D eigenvalue weighted by molar-refractivity contribution is -0.123. The standard InChI is InChI=1S/C20H24ClN3O3S/c1-14(2)12-19(24-28(26,27)17-10-8-15(3)9-11-17)20(25)23-22-13-16-6-4-5-7-18(16)21/h4-11,13-14,19,24H,12H2,1-3H3,(H,23,25)/b22-13-/t19-/m0/s1. The molecule has 0 aliphatic heterocycles. The second kappa shape index (κ2) is 9.82. The molecule has 1 amide bonds. The average molecular weight is 422 g/mol. The van der Waals surface area contributed by atoms with Crippen LogP contribution in [-0.2, 0) is 14.8 Å². The molecule has 0 spiro atoms. The molecule has 0 fully saturated rings. The molecule has 0 saturated carbocycles. The Kier molecular flexibility index (Phi) is 7.74. The molecule has 0 heterocycles. The van der Waals surface area contributed by atoms with Crippen LogP contribution in [0.4, 0.5) is 0 Å². The van der Waals surface area contributed by atoms with Gasteiger partial charge >= 0.3 is 0 Å². The summed E-state index contributed by atoms with van der Waals surface area (Å²) in [5.74, 6) is -0.434. The molecule has 0 unspecified atom stereocenters. The van der Waals surface area contributed by atoms with Gasteiger partial charge in [-0.05, 0) is 37.5 Å². The van der Waals surface area contributed by atoms with Gasteiger partial charge in [0.25, 0.3) is 5.91 Å². The van der Waals surface area contributed by atoms with E-state index in [1.54, 1.807) is 36.4 Å². The number of nitrogens with one attached hydrogen (secondary N) is 2. The van der Waals surface area contributed by atoms with E-state index in [-0.39, 0.29) is 10.8 Å². The molecule has 2 aromatic carbocycles. The first kappa shape index (κ1) is 22.1. The first-order valence-electron chi connectivity index (χ1n) is 8.85. The molecular weight excluding hydrogens is 398 g/mol. The van der Waals surface area contributed by atoms with Gasteiger partial charge in [0.15, 0.2) is 0 Å². The minimum Gasteiger partial charge on any atom is -0.271 e. The van der Waals surface area contributed by atoms with Crippen LogP contribution in [0.25, 0.3) is 0 Å².